The summed E-state index contributed by atoms with van der Waals surface area (Å²) in [4.78, 5) is 14.7. The van der Waals surface area contributed by atoms with Crippen molar-refractivity contribution in [2.75, 3.05) is 16.8 Å². The van der Waals surface area contributed by atoms with Crippen molar-refractivity contribution in [2.24, 2.45) is 0 Å². The first kappa shape index (κ1) is 14.9. The highest BCUT2D eigenvalue weighted by Crippen LogP contribution is 2.30. The Hall–Kier alpha value is -2.00. The number of nitrogens with zero attached hydrogens (tertiary/aromatic N) is 1. The van der Waals surface area contributed by atoms with E-state index in [1.54, 1.807) is 0 Å². The first-order valence-corrected chi connectivity index (χ1v) is 7.86. The molecule has 0 saturated carbocycles. The van der Waals surface area contributed by atoms with Crippen molar-refractivity contribution in [1.29, 1.82) is 0 Å². The molecule has 0 bridgehead atoms. The topological polar surface area (TPSA) is 32.3 Å². The molecule has 2 aromatic rings. The highest BCUT2D eigenvalue weighted by Gasteiger charge is 2.27. The van der Waals surface area contributed by atoms with Crippen LogP contribution in [0, 0.1) is 6.92 Å². The molecule has 0 fully saturated rings. The number of fused-ring (bicyclic) bond motifs is 1. The second kappa shape index (κ2) is 6.01. The highest BCUT2D eigenvalue weighted by atomic mass is 35.5. The molecular formula is C18H19ClN2O. The van der Waals surface area contributed by atoms with Crippen LogP contribution in [0.1, 0.15) is 18.1 Å². The molecule has 4 heteroatoms. The average molecular weight is 315 g/mol. The van der Waals surface area contributed by atoms with Gasteiger partial charge in [0.05, 0.1) is 0 Å². The molecule has 0 spiro atoms. The largest absolute Gasteiger partial charge is 0.359 e. The fraction of sp³-hybridized carbons (Fsp3) is 0.278. The number of anilines is 2. The van der Waals surface area contributed by atoms with Crippen LogP contribution >= 0.6 is 11.6 Å². The molecule has 114 valence electrons. The first-order valence-electron chi connectivity index (χ1n) is 7.48. The van der Waals surface area contributed by atoms with E-state index in [0.29, 0.717) is 5.02 Å². The summed E-state index contributed by atoms with van der Waals surface area (Å²) < 4.78 is 0. The van der Waals surface area contributed by atoms with E-state index in [1.807, 2.05) is 44.2 Å². The van der Waals surface area contributed by atoms with Crippen LogP contribution in [0.2, 0.25) is 5.02 Å². The standard InChI is InChI=1S/C18H19ClN2O/c1-12-15(19)7-5-8-16(12)20-18(22)13(2)21-11-10-14-6-3-4-9-17(14)21/h3-9,13H,10-11H2,1-2H3,(H,20,22)/t13-/m1/s1. The Morgan fingerprint density at radius 3 is 2.82 bits per heavy atom. The quantitative estimate of drug-likeness (QED) is 0.927. The second-order valence-corrected chi connectivity index (χ2v) is 6.06. The first-order chi connectivity index (χ1) is 10.6. The van der Waals surface area contributed by atoms with Crippen molar-refractivity contribution in [3.05, 3.63) is 58.6 Å². The predicted molar refractivity (Wildman–Crippen MR) is 91.8 cm³/mol. The van der Waals surface area contributed by atoms with Gasteiger partial charge in [-0.1, -0.05) is 35.9 Å². The molecule has 0 aliphatic carbocycles. The second-order valence-electron chi connectivity index (χ2n) is 5.65. The minimum absolute atomic E-state index is 0.0120. The number of carbonyl (C=O) groups is 1. The lowest BCUT2D eigenvalue weighted by molar-refractivity contribution is -0.117. The zero-order chi connectivity index (χ0) is 15.7. The molecule has 0 radical (unpaired) electrons. The third kappa shape index (κ3) is 2.69. The van der Waals surface area contributed by atoms with Crippen LogP contribution in [0.25, 0.3) is 0 Å². The molecule has 3 rings (SSSR count). The molecule has 0 aromatic heterocycles. The normalized spacial score (nSPS) is 14.6. The van der Waals surface area contributed by atoms with Gasteiger partial charge in [-0.05, 0) is 49.6 Å². The number of carbonyl (C=O) groups excluding carboxylic acids is 1. The monoisotopic (exact) mass is 314 g/mol. The van der Waals surface area contributed by atoms with E-state index < -0.39 is 0 Å². The van der Waals surface area contributed by atoms with Gasteiger partial charge in [-0.2, -0.15) is 0 Å². The van der Waals surface area contributed by atoms with E-state index in [1.165, 1.54) is 5.56 Å². The van der Waals surface area contributed by atoms with Crippen molar-refractivity contribution in [1.82, 2.24) is 0 Å². The Morgan fingerprint density at radius 1 is 1.23 bits per heavy atom. The summed E-state index contributed by atoms with van der Waals surface area (Å²) in [6, 6.07) is 13.6. The molecular weight excluding hydrogens is 296 g/mol. The summed E-state index contributed by atoms with van der Waals surface area (Å²) in [5.74, 6) is -0.0120. The van der Waals surface area contributed by atoms with Crippen LogP contribution < -0.4 is 10.2 Å². The average Bonchev–Trinajstić information content (AvgIpc) is 2.95. The van der Waals surface area contributed by atoms with E-state index in [-0.39, 0.29) is 11.9 Å². The van der Waals surface area contributed by atoms with E-state index in [2.05, 4.69) is 22.3 Å². The molecule has 22 heavy (non-hydrogen) atoms. The summed E-state index contributed by atoms with van der Waals surface area (Å²) in [6.07, 6.45) is 0.990. The number of para-hydroxylation sites is 1. The van der Waals surface area contributed by atoms with Gasteiger partial charge in [-0.3, -0.25) is 4.79 Å². The zero-order valence-corrected chi connectivity index (χ0v) is 13.5. The smallest absolute Gasteiger partial charge is 0.246 e. The summed E-state index contributed by atoms with van der Waals surface area (Å²) in [7, 11) is 0. The number of hydrogen-bond donors (Lipinski definition) is 1. The zero-order valence-electron chi connectivity index (χ0n) is 12.8. The van der Waals surface area contributed by atoms with Gasteiger partial charge in [0.2, 0.25) is 5.91 Å². The summed E-state index contributed by atoms with van der Waals surface area (Å²) in [5, 5.41) is 3.66. The van der Waals surface area contributed by atoms with Crippen LogP contribution in [0.5, 0.6) is 0 Å². The Bertz CT molecular complexity index is 714. The van der Waals surface area contributed by atoms with Crippen LogP contribution in [0.15, 0.2) is 42.5 Å². The summed E-state index contributed by atoms with van der Waals surface area (Å²) in [6.45, 7) is 4.73. The fourth-order valence-electron chi connectivity index (χ4n) is 2.89. The van der Waals surface area contributed by atoms with E-state index in [0.717, 1.165) is 29.9 Å². The molecule has 1 aliphatic heterocycles. The Balaban J connectivity index is 1.77. The minimum atomic E-state index is -0.220. The Kier molecular flexibility index (Phi) is 4.08. The Morgan fingerprint density at radius 2 is 2.00 bits per heavy atom. The van der Waals surface area contributed by atoms with Crippen molar-refractivity contribution in [3.63, 3.8) is 0 Å². The molecule has 1 heterocycles. The van der Waals surface area contributed by atoms with Crippen molar-refractivity contribution in [2.45, 2.75) is 26.3 Å². The van der Waals surface area contributed by atoms with Gasteiger partial charge in [0.15, 0.2) is 0 Å². The molecule has 0 saturated heterocycles. The fourth-order valence-corrected chi connectivity index (χ4v) is 3.06. The lowest BCUT2D eigenvalue weighted by atomic mass is 10.1. The van der Waals surface area contributed by atoms with Crippen molar-refractivity contribution < 1.29 is 4.79 Å². The number of amides is 1. The maximum Gasteiger partial charge on any atom is 0.246 e. The molecule has 1 atom stereocenters. The van der Waals surface area contributed by atoms with Crippen molar-refractivity contribution >= 4 is 28.9 Å². The van der Waals surface area contributed by atoms with Gasteiger partial charge >= 0.3 is 0 Å². The van der Waals surface area contributed by atoms with Crippen LogP contribution in [0.3, 0.4) is 0 Å². The summed E-state index contributed by atoms with van der Waals surface area (Å²) >= 11 is 6.11. The van der Waals surface area contributed by atoms with Gasteiger partial charge in [0.25, 0.3) is 0 Å². The van der Waals surface area contributed by atoms with Crippen LogP contribution in [-0.2, 0) is 11.2 Å². The van der Waals surface area contributed by atoms with Gasteiger partial charge in [0.1, 0.15) is 6.04 Å². The number of hydrogen-bond acceptors (Lipinski definition) is 2. The van der Waals surface area contributed by atoms with Gasteiger partial charge < -0.3 is 10.2 Å². The number of halogens is 1. The molecule has 1 aliphatic rings. The lowest BCUT2D eigenvalue weighted by Crippen LogP contribution is -2.41. The molecule has 0 unspecified atom stereocenters. The third-order valence-electron chi connectivity index (χ3n) is 4.30. The molecule has 3 nitrogen and oxygen atoms in total. The predicted octanol–water partition coefficient (Wildman–Crippen LogP) is 4.04. The molecule has 1 N–H and O–H groups in total. The number of rotatable bonds is 3. The number of benzene rings is 2. The lowest BCUT2D eigenvalue weighted by Gasteiger charge is -2.26. The maximum absolute atomic E-state index is 12.6. The summed E-state index contributed by atoms with van der Waals surface area (Å²) in [5.41, 5.74) is 4.14. The van der Waals surface area contributed by atoms with Gasteiger partial charge in [-0.15, -0.1) is 0 Å². The van der Waals surface area contributed by atoms with Crippen LogP contribution in [-0.4, -0.2) is 18.5 Å². The van der Waals surface area contributed by atoms with Gasteiger partial charge in [-0.25, -0.2) is 0 Å². The third-order valence-corrected chi connectivity index (χ3v) is 4.71. The Labute approximate surface area is 135 Å². The van der Waals surface area contributed by atoms with E-state index in [9.17, 15) is 4.79 Å². The SMILES string of the molecule is Cc1c(Cl)cccc1NC(=O)[C@@H](C)N1CCc2ccccc21. The molecule has 2 aromatic carbocycles. The highest BCUT2D eigenvalue weighted by molar-refractivity contribution is 6.31. The van der Waals surface area contributed by atoms with E-state index >= 15 is 0 Å². The van der Waals surface area contributed by atoms with Crippen molar-refractivity contribution in [3.8, 4) is 0 Å². The minimum Gasteiger partial charge on any atom is -0.359 e. The maximum atomic E-state index is 12.6. The van der Waals surface area contributed by atoms with Gasteiger partial charge in [0, 0.05) is 22.9 Å². The van der Waals surface area contributed by atoms with E-state index in [4.69, 9.17) is 11.6 Å². The number of nitrogens with one attached hydrogen (secondary N) is 1. The molecule has 1 amide bonds. The van der Waals surface area contributed by atoms with Crippen LogP contribution in [0.4, 0.5) is 11.4 Å².